The third kappa shape index (κ3) is 3.26. The van der Waals surface area contributed by atoms with E-state index in [0.717, 1.165) is 0 Å². The van der Waals surface area contributed by atoms with Crippen LogP contribution in [0.4, 0.5) is 8.78 Å². The van der Waals surface area contributed by atoms with Gasteiger partial charge in [-0.05, 0) is 31.0 Å². The molecule has 0 aliphatic carbocycles. The number of halogens is 2. The Hall–Kier alpha value is -2.38. The zero-order valence-corrected chi connectivity index (χ0v) is 11.8. The minimum atomic E-state index is -3.01. The molecule has 22 heavy (non-hydrogen) atoms. The van der Waals surface area contributed by atoms with Gasteiger partial charge in [0.1, 0.15) is 6.04 Å². The Labute approximate surface area is 125 Å². The van der Waals surface area contributed by atoms with Crippen molar-refractivity contribution in [2.75, 3.05) is 13.7 Å². The summed E-state index contributed by atoms with van der Waals surface area (Å²) < 4.78 is 33.7. The number of rotatable bonds is 5. The van der Waals surface area contributed by atoms with Crippen molar-refractivity contribution in [3.05, 3.63) is 23.8 Å². The summed E-state index contributed by atoms with van der Waals surface area (Å²) in [7, 11) is 1.26. The Morgan fingerprint density at radius 2 is 2.09 bits per heavy atom. The third-order valence-corrected chi connectivity index (χ3v) is 3.43. The van der Waals surface area contributed by atoms with Crippen molar-refractivity contribution in [1.82, 2.24) is 4.90 Å². The Morgan fingerprint density at radius 3 is 2.68 bits per heavy atom. The molecule has 2 rings (SSSR count). The predicted octanol–water partition coefficient (Wildman–Crippen LogP) is 1.99. The van der Waals surface area contributed by atoms with Crippen LogP contribution in [-0.4, -0.2) is 48.2 Å². The Balaban J connectivity index is 2.25. The second-order valence-electron chi connectivity index (χ2n) is 4.74. The van der Waals surface area contributed by atoms with Gasteiger partial charge in [-0.2, -0.15) is 8.78 Å². The van der Waals surface area contributed by atoms with Crippen LogP contribution in [0, 0.1) is 0 Å². The van der Waals surface area contributed by atoms with Crippen LogP contribution >= 0.6 is 0 Å². The lowest BCUT2D eigenvalue weighted by atomic mass is 10.1. The average molecular weight is 315 g/mol. The van der Waals surface area contributed by atoms with Gasteiger partial charge in [0.15, 0.2) is 11.5 Å². The van der Waals surface area contributed by atoms with Gasteiger partial charge in [-0.3, -0.25) is 4.79 Å². The summed E-state index contributed by atoms with van der Waals surface area (Å²) in [5, 5.41) is 9.10. The molecule has 0 radical (unpaired) electrons. The molecule has 1 aromatic carbocycles. The summed E-state index contributed by atoms with van der Waals surface area (Å²) in [5.74, 6) is -1.75. The highest BCUT2D eigenvalue weighted by Gasteiger charge is 2.34. The molecule has 6 nitrogen and oxygen atoms in total. The number of hydrogen-bond acceptors (Lipinski definition) is 4. The zero-order valence-electron chi connectivity index (χ0n) is 11.8. The van der Waals surface area contributed by atoms with Gasteiger partial charge in [-0.25, -0.2) is 4.79 Å². The van der Waals surface area contributed by atoms with Gasteiger partial charge >= 0.3 is 12.6 Å². The fourth-order valence-electron chi connectivity index (χ4n) is 2.43. The van der Waals surface area contributed by atoms with Crippen LogP contribution in [0.2, 0.25) is 0 Å². The number of nitrogens with zero attached hydrogens (tertiary/aromatic N) is 1. The molecule has 1 aromatic rings. The van der Waals surface area contributed by atoms with E-state index in [9.17, 15) is 18.4 Å². The van der Waals surface area contributed by atoms with Crippen molar-refractivity contribution in [3.63, 3.8) is 0 Å². The second kappa shape index (κ2) is 6.59. The number of carboxylic acids is 1. The standard InChI is InChI=1S/C14H15F2NO5/c1-21-11-7-8(4-5-10(11)22-14(15)16)12(18)17-6-2-3-9(17)13(19)20/h4-5,7,9,14H,2-3,6H2,1H3,(H,19,20)/t9-/m1/s1. The van der Waals surface area contributed by atoms with Crippen molar-refractivity contribution >= 4 is 11.9 Å². The maximum atomic E-state index is 12.4. The summed E-state index contributed by atoms with van der Waals surface area (Å²) in [6.45, 7) is -2.67. The third-order valence-electron chi connectivity index (χ3n) is 3.43. The van der Waals surface area contributed by atoms with Crippen LogP contribution in [0.15, 0.2) is 18.2 Å². The first-order valence-electron chi connectivity index (χ1n) is 6.60. The average Bonchev–Trinajstić information content (AvgIpc) is 2.96. The molecule has 1 heterocycles. The smallest absolute Gasteiger partial charge is 0.387 e. The van der Waals surface area contributed by atoms with Crippen LogP contribution < -0.4 is 9.47 Å². The largest absolute Gasteiger partial charge is 0.493 e. The lowest BCUT2D eigenvalue weighted by molar-refractivity contribution is -0.141. The van der Waals surface area contributed by atoms with E-state index in [4.69, 9.17) is 9.84 Å². The van der Waals surface area contributed by atoms with Crippen LogP contribution in [0.1, 0.15) is 23.2 Å². The molecule has 1 atom stereocenters. The van der Waals surface area contributed by atoms with E-state index in [1.54, 1.807) is 0 Å². The van der Waals surface area contributed by atoms with E-state index in [2.05, 4.69) is 4.74 Å². The van der Waals surface area contributed by atoms with Crippen molar-refractivity contribution in [2.24, 2.45) is 0 Å². The molecular weight excluding hydrogens is 300 g/mol. The van der Waals surface area contributed by atoms with Crippen molar-refractivity contribution in [2.45, 2.75) is 25.5 Å². The molecule has 1 amide bonds. The first-order chi connectivity index (χ1) is 10.4. The number of carbonyl (C=O) groups excluding carboxylic acids is 1. The second-order valence-corrected chi connectivity index (χ2v) is 4.74. The molecule has 1 aliphatic heterocycles. The maximum Gasteiger partial charge on any atom is 0.387 e. The van der Waals surface area contributed by atoms with Crippen molar-refractivity contribution in [1.29, 1.82) is 0 Å². The van der Waals surface area contributed by atoms with Gasteiger partial charge in [0.2, 0.25) is 0 Å². The van der Waals surface area contributed by atoms with Gasteiger partial charge in [-0.15, -0.1) is 0 Å². The topological polar surface area (TPSA) is 76.1 Å². The van der Waals surface area contributed by atoms with E-state index in [1.807, 2.05) is 0 Å². The SMILES string of the molecule is COc1cc(C(=O)N2CCC[C@@H]2C(=O)O)ccc1OC(F)F. The number of aliphatic carboxylic acids is 1. The molecule has 0 unspecified atom stereocenters. The minimum absolute atomic E-state index is 0.0165. The molecule has 0 bridgehead atoms. The van der Waals surface area contributed by atoms with Crippen molar-refractivity contribution < 1.29 is 33.0 Å². The fraction of sp³-hybridized carbons (Fsp3) is 0.429. The molecule has 8 heteroatoms. The highest BCUT2D eigenvalue weighted by molar-refractivity contribution is 5.97. The molecule has 120 valence electrons. The van der Waals surface area contributed by atoms with Gasteiger partial charge < -0.3 is 19.5 Å². The quantitative estimate of drug-likeness (QED) is 0.899. The first kappa shape index (κ1) is 16.0. The Kier molecular flexibility index (Phi) is 4.79. The number of ether oxygens (including phenoxy) is 2. The molecule has 1 saturated heterocycles. The van der Waals surface area contributed by atoms with Crippen LogP contribution in [-0.2, 0) is 4.79 Å². The molecule has 0 saturated carbocycles. The molecular formula is C14H15F2NO5. The number of amides is 1. The lowest BCUT2D eigenvalue weighted by Crippen LogP contribution is -2.40. The number of carbonyl (C=O) groups is 2. The molecule has 1 fully saturated rings. The van der Waals surface area contributed by atoms with E-state index in [0.29, 0.717) is 19.4 Å². The highest BCUT2D eigenvalue weighted by atomic mass is 19.3. The fourth-order valence-corrected chi connectivity index (χ4v) is 2.43. The summed E-state index contributed by atoms with van der Waals surface area (Å²) in [6.07, 6.45) is 0.997. The Bertz CT molecular complexity index is 578. The summed E-state index contributed by atoms with van der Waals surface area (Å²) in [5.41, 5.74) is 0.159. The number of benzene rings is 1. The lowest BCUT2D eigenvalue weighted by Gasteiger charge is -2.22. The van der Waals surface area contributed by atoms with Gasteiger partial charge in [0.25, 0.3) is 5.91 Å². The normalized spacial score (nSPS) is 17.6. The van der Waals surface area contributed by atoms with Gasteiger partial charge in [0, 0.05) is 12.1 Å². The minimum Gasteiger partial charge on any atom is -0.493 e. The van der Waals surface area contributed by atoms with Crippen molar-refractivity contribution in [3.8, 4) is 11.5 Å². The van der Waals surface area contributed by atoms with Gasteiger partial charge in [0.05, 0.1) is 7.11 Å². The van der Waals surface area contributed by atoms with E-state index < -0.39 is 24.5 Å². The number of alkyl halides is 2. The molecule has 1 N–H and O–H groups in total. The monoisotopic (exact) mass is 315 g/mol. The van der Waals surface area contributed by atoms with Crippen LogP contribution in [0.25, 0.3) is 0 Å². The maximum absolute atomic E-state index is 12.4. The first-order valence-corrected chi connectivity index (χ1v) is 6.60. The molecule has 0 spiro atoms. The Morgan fingerprint density at radius 1 is 1.36 bits per heavy atom. The number of carboxylic acid groups (broad SMARTS) is 1. The molecule has 1 aliphatic rings. The molecule has 0 aromatic heterocycles. The number of likely N-dealkylation sites (tertiary alicyclic amines) is 1. The number of hydrogen-bond donors (Lipinski definition) is 1. The van der Waals surface area contributed by atoms with E-state index >= 15 is 0 Å². The number of methoxy groups -OCH3 is 1. The van der Waals surface area contributed by atoms with Crippen LogP contribution in [0.5, 0.6) is 11.5 Å². The van der Waals surface area contributed by atoms with E-state index in [1.165, 1.54) is 30.2 Å². The summed E-state index contributed by atoms with van der Waals surface area (Å²) in [4.78, 5) is 24.8. The summed E-state index contributed by atoms with van der Waals surface area (Å²) >= 11 is 0. The summed E-state index contributed by atoms with van der Waals surface area (Å²) in [6, 6.07) is 2.90. The highest BCUT2D eigenvalue weighted by Crippen LogP contribution is 2.31. The van der Waals surface area contributed by atoms with E-state index in [-0.39, 0.29) is 17.1 Å². The predicted molar refractivity (Wildman–Crippen MR) is 71.3 cm³/mol. The zero-order chi connectivity index (χ0) is 16.3. The van der Waals surface area contributed by atoms with Gasteiger partial charge in [-0.1, -0.05) is 0 Å². The van der Waals surface area contributed by atoms with Crippen LogP contribution in [0.3, 0.4) is 0 Å².